The highest BCUT2D eigenvalue weighted by Crippen LogP contribution is 2.20. The van der Waals surface area contributed by atoms with Crippen molar-refractivity contribution in [1.82, 2.24) is 19.7 Å². The van der Waals surface area contributed by atoms with Gasteiger partial charge in [-0.2, -0.15) is 5.10 Å². The third-order valence-electron chi connectivity index (χ3n) is 2.37. The van der Waals surface area contributed by atoms with Crippen LogP contribution in [0.25, 0.3) is 5.82 Å². The molecule has 84 valence electrons. The minimum absolute atomic E-state index is 0.483. The van der Waals surface area contributed by atoms with Gasteiger partial charge in [-0.1, -0.05) is 18.5 Å². The lowest BCUT2D eigenvalue weighted by Crippen LogP contribution is -2.07. The molecular weight excluding hydrogens is 226 g/mol. The number of nitrogens with zero attached hydrogens (tertiary/aromatic N) is 4. The molecule has 0 fully saturated rings. The smallest absolute Gasteiger partial charge is 0.162 e. The van der Waals surface area contributed by atoms with E-state index in [0.29, 0.717) is 16.7 Å². The third kappa shape index (κ3) is 1.74. The summed E-state index contributed by atoms with van der Waals surface area (Å²) in [6.07, 6.45) is 3.89. The molecule has 2 N–H and O–H groups in total. The van der Waals surface area contributed by atoms with E-state index < -0.39 is 0 Å². The number of hydrogen-bond donors (Lipinski definition) is 1. The minimum Gasteiger partial charge on any atom is -0.383 e. The number of rotatable bonds is 2. The van der Waals surface area contributed by atoms with Gasteiger partial charge >= 0.3 is 0 Å². The van der Waals surface area contributed by atoms with E-state index >= 15 is 0 Å². The molecule has 5 nitrogen and oxygen atoms in total. The lowest BCUT2D eigenvalue weighted by Gasteiger charge is -2.07. The number of nitrogen functional groups attached to an aromatic ring is 1. The third-order valence-corrected chi connectivity index (χ3v) is 2.74. The topological polar surface area (TPSA) is 69.6 Å². The van der Waals surface area contributed by atoms with Crippen LogP contribution in [0.3, 0.4) is 0 Å². The summed E-state index contributed by atoms with van der Waals surface area (Å²) in [5.41, 5.74) is 7.43. The molecule has 2 heterocycles. The van der Waals surface area contributed by atoms with Crippen molar-refractivity contribution in [3.63, 3.8) is 0 Å². The average molecular weight is 238 g/mol. The van der Waals surface area contributed by atoms with Crippen LogP contribution in [0.1, 0.15) is 18.2 Å². The Bertz CT molecular complexity index is 500. The normalized spacial score (nSPS) is 10.7. The SMILES string of the molecule is CCc1c(N)ncnc1-n1cc(Cl)c(C)n1. The molecule has 0 saturated carbocycles. The van der Waals surface area contributed by atoms with Crippen LogP contribution in [0.2, 0.25) is 5.02 Å². The lowest BCUT2D eigenvalue weighted by atomic mass is 10.2. The van der Waals surface area contributed by atoms with Gasteiger partial charge in [0.25, 0.3) is 0 Å². The number of nitrogens with two attached hydrogens (primary N) is 1. The first kappa shape index (κ1) is 10.9. The molecule has 2 aromatic heterocycles. The zero-order valence-electron chi connectivity index (χ0n) is 9.11. The Morgan fingerprint density at radius 1 is 1.44 bits per heavy atom. The van der Waals surface area contributed by atoms with E-state index in [1.54, 1.807) is 10.9 Å². The summed E-state index contributed by atoms with van der Waals surface area (Å²) in [5.74, 6) is 1.17. The fourth-order valence-electron chi connectivity index (χ4n) is 1.50. The van der Waals surface area contributed by atoms with E-state index in [-0.39, 0.29) is 0 Å². The molecule has 0 aliphatic carbocycles. The van der Waals surface area contributed by atoms with Crippen molar-refractivity contribution >= 4 is 17.4 Å². The predicted molar refractivity (Wildman–Crippen MR) is 62.7 cm³/mol. The first-order valence-corrected chi connectivity index (χ1v) is 5.32. The van der Waals surface area contributed by atoms with E-state index in [9.17, 15) is 0 Å². The first-order chi connectivity index (χ1) is 7.63. The Morgan fingerprint density at radius 2 is 2.19 bits per heavy atom. The molecule has 2 rings (SSSR count). The van der Waals surface area contributed by atoms with Gasteiger partial charge in [-0.25, -0.2) is 14.6 Å². The van der Waals surface area contributed by atoms with Crippen LogP contribution in [-0.4, -0.2) is 19.7 Å². The van der Waals surface area contributed by atoms with Gasteiger partial charge in [0, 0.05) is 5.56 Å². The number of aryl methyl sites for hydroxylation is 1. The zero-order valence-corrected chi connectivity index (χ0v) is 9.86. The van der Waals surface area contributed by atoms with E-state index in [2.05, 4.69) is 15.1 Å². The molecule has 0 aliphatic rings. The highest BCUT2D eigenvalue weighted by Gasteiger charge is 2.11. The van der Waals surface area contributed by atoms with Gasteiger partial charge in [-0.3, -0.25) is 0 Å². The quantitative estimate of drug-likeness (QED) is 0.864. The Hall–Kier alpha value is -1.62. The van der Waals surface area contributed by atoms with Gasteiger partial charge in [0.2, 0.25) is 0 Å². The molecular formula is C10H12ClN5. The molecule has 0 aliphatic heterocycles. The summed E-state index contributed by atoms with van der Waals surface area (Å²) >= 11 is 5.96. The Morgan fingerprint density at radius 3 is 2.75 bits per heavy atom. The van der Waals surface area contributed by atoms with Gasteiger partial charge in [0.15, 0.2) is 5.82 Å². The van der Waals surface area contributed by atoms with Crippen molar-refractivity contribution < 1.29 is 0 Å². The summed E-state index contributed by atoms with van der Waals surface area (Å²) in [6.45, 7) is 3.84. The Kier molecular flexibility index (Phi) is 2.78. The fourth-order valence-corrected chi connectivity index (χ4v) is 1.63. The summed E-state index contributed by atoms with van der Waals surface area (Å²) in [7, 11) is 0. The minimum atomic E-state index is 0.483. The van der Waals surface area contributed by atoms with Crippen molar-refractivity contribution in [1.29, 1.82) is 0 Å². The van der Waals surface area contributed by atoms with Crippen molar-refractivity contribution in [2.45, 2.75) is 20.3 Å². The maximum Gasteiger partial charge on any atom is 0.162 e. The van der Waals surface area contributed by atoms with Crippen molar-refractivity contribution in [3.05, 3.63) is 28.8 Å². The molecule has 0 radical (unpaired) electrons. The largest absolute Gasteiger partial charge is 0.383 e. The van der Waals surface area contributed by atoms with Crippen LogP contribution >= 0.6 is 11.6 Å². The van der Waals surface area contributed by atoms with Gasteiger partial charge in [0.05, 0.1) is 16.9 Å². The van der Waals surface area contributed by atoms with Crippen LogP contribution < -0.4 is 5.73 Å². The summed E-state index contributed by atoms with van der Waals surface area (Å²) in [4.78, 5) is 8.14. The maximum atomic E-state index is 5.96. The van der Waals surface area contributed by atoms with Crippen LogP contribution in [-0.2, 0) is 6.42 Å². The molecule has 0 aromatic carbocycles. The zero-order chi connectivity index (χ0) is 11.7. The second-order valence-electron chi connectivity index (χ2n) is 3.42. The van der Waals surface area contributed by atoms with E-state index in [0.717, 1.165) is 17.7 Å². The predicted octanol–water partition coefficient (Wildman–Crippen LogP) is 1.77. The summed E-state index contributed by atoms with van der Waals surface area (Å²) < 4.78 is 1.63. The number of aromatic nitrogens is 4. The second-order valence-corrected chi connectivity index (χ2v) is 3.83. The highest BCUT2D eigenvalue weighted by atomic mass is 35.5. The molecule has 2 aromatic rings. The monoisotopic (exact) mass is 237 g/mol. The average Bonchev–Trinajstić information content (AvgIpc) is 2.59. The van der Waals surface area contributed by atoms with Crippen molar-refractivity contribution in [3.8, 4) is 5.82 Å². The molecule has 6 heteroatoms. The molecule has 0 amide bonds. The standard InChI is InChI=1S/C10H12ClN5/c1-3-7-9(12)13-5-14-10(7)16-4-8(11)6(2)15-16/h4-5H,3H2,1-2H3,(H2,12,13,14). The Labute approximate surface area is 98.3 Å². The van der Waals surface area contributed by atoms with Crippen LogP contribution in [0.5, 0.6) is 0 Å². The van der Waals surface area contributed by atoms with Gasteiger partial charge in [-0.15, -0.1) is 0 Å². The van der Waals surface area contributed by atoms with Crippen molar-refractivity contribution in [2.24, 2.45) is 0 Å². The fraction of sp³-hybridized carbons (Fsp3) is 0.300. The second kappa shape index (κ2) is 4.09. The molecule has 0 saturated heterocycles. The lowest BCUT2D eigenvalue weighted by molar-refractivity contribution is 0.808. The van der Waals surface area contributed by atoms with Gasteiger partial charge in [-0.05, 0) is 13.3 Å². The Balaban J connectivity index is 2.59. The van der Waals surface area contributed by atoms with Crippen LogP contribution in [0, 0.1) is 6.92 Å². The number of halogens is 1. The number of anilines is 1. The van der Waals surface area contributed by atoms with E-state index in [1.807, 2.05) is 13.8 Å². The first-order valence-electron chi connectivity index (χ1n) is 4.95. The molecule has 0 unspecified atom stereocenters. The number of hydrogen-bond acceptors (Lipinski definition) is 4. The maximum absolute atomic E-state index is 5.96. The van der Waals surface area contributed by atoms with Gasteiger partial charge in [0.1, 0.15) is 12.1 Å². The van der Waals surface area contributed by atoms with Crippen molar-refractivity contribution in [2.75, 3.05) is 5.73 Å². The van der Waals surface area contributed by atoms with Gasteiger partial charge < -0.3 is 5.73 Å². The molecule has 0 bridgehead atoms. The summed E-state index contributed by atoms with van der Waals surface area (Å²) in [5, 5.41) is 4.88. The van der Waals surface area contributed by atoms with E-state index in [4.69, 9.17) is 17.3 Å². The molecule has 0 atom stereocenters. The molecule has 0 spiro atoms. The van der Waals surface area contributed by atoms with E-state index in [1.165, 1.54) is 6.33 Å². The van der Waals surface area contributed by atoms with Crippen LogP contribution in [0.4, 0.5) is 5.82 Å². The van der Waals surface area contributed by atoms with Crippen LogP contribution in [0.15, 0.2) is 12.5 Å². The highest BCUT2D eigenvalue weighted by molar-refractivity contribution is 6.31. The molecule has 16 heavy (non-hydrogen) atoms. The summed E-state index contributed by atoms with van der Waals surface area (Å²) in [6, 6.07) is 0.